The van der Waals surface area contributed by atoms with Crippen molar-refractivity contribution in [1.29, 1.82) is 0 Å². The highest BCUT2D eigenvalue weighted by Gasteiger charge is 2.23. The van der Waals surface area contributed by atoms with Gasteiger partial charge in [0.1, 0.15) is 16.3 Å². The molecule has 2 heterocycles. The van der Waals surface area contributed by atoms with Crippen molar-refractivity contribution in [2.45, 2.75) is 13.5 Å². The summed E-state index contributed by atoms with van der Waals surface area (Å²) < 4.78 is 11.8. The molecule has 0 fully saturated rings. The summed E-state index contributed by atoms with van der Waals surface area (Å²) in [5.41, 5.74) is 13.3. The Kier molecular flexibility index (Phi) is 8.01. The number of hydrogen-bond acceptors (Lipinski definition) is 6. The highest BCUT2D eigenvalue weighted by molar-refractivity contribution is 7.21. The fourth-order valence-corrected chi connectivity index (χ4v) is 6.04. The maximum absolute atomic E-state index is 13.4. The first-order chi connectivity index (χ1) is 20.9. The molecule has 0 aliphatic carbocycles. The predicted octanol–water partition coefficient (Wildman–Crippen LogP) is 9.01. The number of nitrogens with one attached hydrogen (secondary N) is 1. The Morgan fingerprint density at radius 2 is 1.67 bits per heavy atom. The highest BCUT2D eigenvalue weighted by Crippen LogP contribution is 2.43. The zero-order valence-corrected chi connectivity index (χ0v) is 25.1. The number of anilines is 2. The third-order valence-corrected chi connectivity index (χ3v) is 8.38. The number of nitrogens with two attached hydrogens (primary N) is 1. The molecule has 0 unspecified atom stereocenters. The highest BCUT2D eigenvalue weighted by atomic mass is 35.5. The van der Waals surface area contributed by atoms with Crippen LogP contribution < -0.4 is 20.5 Å². The fraction of sp³-hybridized carbons (Fsp3) is 0.0857. The summed E-state index contributed by atoms with van der Waals surface area (Å²) in [6, 6.07) is 32.9. The number of carbonyl (C=O) groups excluding carboxylic acids is 1. The number of fused-ring (bicyclic) bond motifs is 1. The van der Waals surface area contributed by atoms with Gasteiger partial charge in [0.2, 0.25) is 0 Å². The Morgan fingerprint density at radius 3 is 2.42 bits per heavy atom. The van der Waals surface area contributed by atoms with Crippen molar-refractivity contribution in [3.63, 3.8) is 0 Å². The lowest BCUT2D eigenvalue weighted by atomic mass is 9.98. The average molecular weight is 606 g/mol. The SMILES string of the molecule is COc1cc(-c2cc(-c3ccc(C)cc3)nc3sc(C(=O)Nc4cccc(Cl)c4)c(N)c23)ccc1OCc1ccccc1. The molecule has 8 heteroatoms. The second-order valence-corrected chi connectivity index (χ2v) is 11.5. The van der Waals surface area contributed by atoms with Gasteiger partial charge in [0.05, 0.1) is 18.5 Å². The number of amides is 1. The molecular formula is C35H28ClN3O3S. The molecule has 2 aromatic heterocycles. The van der Waals surface area contributed by atoms with Crippen LogP contribution in [0.5, 0.6) is 11.5 Å². The summed E-state index contributed by atoms with van der Waals surface area (Å²) >= 11 is 7.39. The minimum atomic E-state index is -0.326. The minimum Gasteiger partial charge on any atom is -0.493 e. The molecule has 4 aromatic carbocycles. The standard InChI is InChI=1S/C35H28ClN3O3S/c1-21-11-13-23(14-12-21)28-19-27(24-15-16-29(30(17-24)41-2)42-20-22-7-4-3-5-8-22)31-32(37)33(43-35(31)39-28)34(40)38-26-10-6-9-25(36)18-26/h3-19H,20,37H2,1-2H3,(H,38,40). The van der Waals surface area contributed by atoms with Crippen LogP contribution in [-0.4, -0.2) is 18.0 Å². The van der Waals surface area contributed by atoms with E-state index in [2.05, 4.69) is 17.4 Å². The quantitative estimate of drug-likeness (QED) is 0.181. The lowest BCUT2D eigenvalue weighted by Gasteiger charge is -2.14. The topological polar surface area (TPSA) is 86.5 Å². The molecule has 0 bridgehead atoms. The molecule has 6 rings (SSSR count). The molecule has 0 saturated heterocycles. The smallest absolute Gasteiger partial charge is 0.267 e. The number of nitrogen functional groups attached to an aromatic ring is 1. The van der Waals surface area contributed by atoms with Crippen molar-refractivity contribution >= 4 is 50.4 Å². The lowest BCUT2D eigenvalue weighted by molar-refractivity contribution is 0.103. The molecule has 43 heavy (non-hydrogen) atoms. The van der Waals surface area contributed by atoms with Crippen molar-refractivity contribution in [1.82, 2.24) is 4.98 Å². The van der Waals surface area contributed by atoms with Crippen LogP contribution in [0.2, 0.25) is 5.02 Å². The molecule has 6 aromatic rings. The average Bonchev–Trinajstić information content (AvgIpc) is 3.36. The van der Waals surface area contributed by atoms with E-state index in [0.717, 1.165) is 33.5 Å². The zero-order valence-electron chi connectivity index (χ0n) is 23.6. The van der Waals surface area contributed by atoms with E-state index >= 15 is 0 Å². The van der Waals surface area contributed by atoms with Gasteiger partial charge in [-0.15, -0.1) is 11.3 Å². The van der Waals surface area contributed by atoms with Gasteiger partial charge in [-0.3, -0.25) is 4.79 Å². The summed E-state index contributed by atoms with van der Waals surface area (Å²) in [5, 5.41) is 4.14. The number of methoxy groups -OCH3 is 1. The molecule has 3 N–H and O–H groups in total. The molecule has 1 amide bonds. The molecule has 0 atom stereocenters. The van der Waals surface area contributed by atoms with Crippen LogP contribution in [-0.2, 0) is 6.61 Å². The number of halogens is 1. The van der Waals surface area contributed by atoms with E-state index in [4.69, 9.17) is 31.8 Å². The van der Waals surface area contributed by atoms with Crippen molar-refractivity contribution < 1.29 is 14.3 Å². The van der Waals surface area contributed by atoms with Crippen molar-refractivity contribution in [2.24, 2.45) is 0 Å². The van der Waals surface area contributed by atoms with Crippen molar-refractivity contribution in [3.05, 3.63) is 124 Å². The van der Waals surface area contributed by atoms with E-state index in [-0.39, 0.29) is 5.91 Å². The van der Waals surface area contributed by atoms with Crippen LogP contribution in [0.15, 0.2) is 103 Å². The Morgan fingerprint density at radius 1 is 0.907 bits per heavy atom. The summed E-state index contributed by atoms with van der Waals surface area (Å²) in [6.07, 6.45) is 0. The number of ether oxygens (including phenoxy) is 2. The largest absolute Gasteiger partial charge is 0.493 e. The molecular weight excluding hydrogens is 578 g/mol. The first-order valence-corrected chi connectivity index (χ1v) is 14.8. The van der Waals surface area contributed by atoms with Crippen LogP contribution in [0.3, 0.4) is 0 Å². The van der Waals surface area contributed by atoms with E-state index in [9.17, 15) is 4.79 Å². The molecule has 6 nitrogen and oxygen atoms in total. The van der Waals surface area contributed by atoms with Crippen LogP contribution in [0.4, 0.5) is 11.4 Å². The number of pyridine rings is 1. The molecule has 0 spiro atoms. The molecule has 0 aliphatic heterocycles. The maximum Gasteiger partial charge on any atom is 0.267 e. The van der Waals surface area contributed by atoms with Gasteiger partial charge in [-0.25, -0.2) is 4.98 Å². The van der Waals surface area contributed by atoms with E-state index in [0.29, 0.717) is 49.6 Å². The summed E-state index contributed by atoms with van der Waals surface area (Å²) in [6.45, 7) is 2.46. The number of thiophene rings is 1. The van der Waals surface area contributed by atoms with Crippen LogP contribution >= 0.6 is 22.9 Å². The van der Waals surface area contributed by atoms with Gasteiger partial charge in [0.15, 0.2) is 11.5 Å². The molecule has 0 aliphatic rings. The van der Waals surface area contributed by atoms with Crippen LogP contribution in [0.1, 0.15) is 20.8 Å². The molecule has 0 radical (unpaired) electrons. The van der Waals surface area contributed by atoms with Gasteiger partial charge in [-0.05, 0) is 60.0 Å². The van der Waals surface area contributed by atoms with E-state index in [1.54, 1.807) is 31.4 Å². The zero-order chi connectivity index (χ0) is 29.9. The van der Waals surface area contributed by atoms with Gasteiger partial charge in [-0.2, -0.15) is 0 Å². The van der Waals surface area contributed by atoms with Gasteiger partial charge in [-0.1, -0.05) is 83.9 Å². The number of aromatic nitrogens is 1. The minimum absolute atomic E-state index is 0.326. The second-order valence-electron chi connectivity index (χ2n) is 10.1. The number of carbonyl (C=O) groups is 1. The monoisotopic (exact) mass is 605 g/mol. The number of hydrogen-bond donors (Lipinski definition) is 2. The normalized spacial score (nSPS) is 11.0. The second kappa shape index (κ2) is 12.2. The third kappa shape index (κ3) is 6.04. The van der Waals surface area contributed by atoms with Gasteiger partial charge in [0, 0.05) is 21.7 Å². The van der Waals surface area contributed by atoms with E-state index in [1.807, 2.05) is 73.7 Å². The Balaban J connectivity index is 1.44. The number of aryl methyl sites for hydroxylation is 1. The molecule has 0 saturated carbocycles. The maximum atomic E-state index is 13.4. The van der Waals surface area contributed by atoms with Crippen molar-refractivity contribution in [2.75, 3.05) is 18.2 Å². The van der Waals surface area contributed by atoms with Gasteiger partial charge in [0.25, 0.3) is 5.91 Å². The van der Waals surface area contributed by atoms with E-state index < -0.39 is 0 Å². The number of nitrogens with zero attached hydrogens (tertiary/aromatic N) is 1. The molecule has 214 valence electrons. The van der Waals surface area contributed by atoms with Gasteiger partial charge < -0.3 is 20.5 Å². The summed E-state index contributed by atoms with van der Waals surface area (Å²) in [5.74, 6) is 0.884. The Hall–Kier alpha value is -4.85. The lowest BCUT2D eigenvalue weighted by Crippen LogP contribution is -2.11. The van der Waals surface area contributed by atoms with E-state index in [1.165, 1.54) is 11.3 Å². The Labute approximate surface area is 258 Å². The third-order valence-electron chi connectivity index (χ3n) is 7.05. The van der Waals surface area contributed by atoms with Crippen LogP contribution in [0, 0.1) is 6.92 Å². The Bertz CT molecular complexity index is 1940. The predicted molar refractivity (Wildman–Crippen MR) is 176 cm³/mol. The summed E-state index contributed by atoms with van der Waals surface area (Å²) in [7, 11) is 1.62. The van der Waals surface area contributed by atoms with Crippen molar-refractivity contribution in [3.8, 4) is 33.9 Å². The summed E-state index contributed by atoms with van der Waals surface area (Å²) in [4.78, 5) is 19.4. The number of benzene rings is 4. The number of rotatable bonds is 8. The first-order valence-electron chi connectivity index (χ1n) is 13.6. The van der Waals surface area contributed by atoms with Gasteiger partial charge >= 0.3 is 0 Å². The fourth-order valence-electron chi connectivity index (χ4n) is 4.83. The van der Waals surface area contributed by atoms with Crippen LogP contribution in [0.25, 0.3) is 32.6 Å². The first kappa shape index (κ1) is 28.3.